The molecule has 1 aliphatic rings. The molecule has 1 saturated heterocycles. The number of sulfonamides is 1. The van der Waals surface area contributed by atoms with Crippen LogP contribution in [0.2, 0.25) is 0 Å². The number of hydrogen-bond acceptors (Lipinski definition) is 7. The van der Waals surface area contributed by atoms with Gasteiger partial charge in [0, 0.05) is 27.2 Å². The minimum Gasteiger partial charge on any atom is -0.347 e. The van der Waals surface area contributed by atoms with E-state index in [2.05, 4.69) is 19.7 Å². The quantitative estimate of drug-likeness (QED) is 0.784. The maximum absolute atomic E-state index is 13.8. The van der Waals surface area contributed by atoms with E-state index in [0.717, 1.165) is 44.1 Å². The molecule has 2 heterocycles. The number of nitrogens with one attached hydrogen (secondary N) is 1. The zero-order valence-electron chi connectivity index (χ0n) is 15.0. The number of hydrogen-bond donors (Lipinski definition) is 1. The van der Waals surface area contributed by atoms with Gasteiger partial charge in [0.05, 0.1) is 6.54 Å². The molecule has 11 heteroatoms. The van der Waals surface area contributed by atoms with Crippen LogP contribution >= 0.6 is 0 Å². The van der Waals surface area contributed by atoms with Crippen LogP contribution in [0.15, 0.2) is 23.1 Å². The number of aromatic nitrogens is 3. The largest absolute Gasteiger partial charge is 0.347 e. The highest BCUT2D eigenvalue weighted by Gasteiger charge is 2.24. The lowest BCUT2D eigenvalue weighted by Crippen LogP contribution is -2.28. The Bertz CT molecular complexity index is 912. The Hall–Kier alpha value is -2.40. The lowest BCUT2D eigenvalue weighted by Gasteiger charge is -2.19. The standard InChI is InChI=1S/C16H20F2N6O2S/c1-23(2)15-20-13(21-16(22-15)24-8-3-4-9-24)10-19-27(25,26)14-11(17)6-5-7-12(14)18/h5-7,19H,3-4,8-10H2,1-2H3. The molecular weight excluding hydrogens is 378 g/mol. The van der Waals surface area contributed by atoms with Crippen LogP contribution in [0.1, 0.15) is 18.7 Å². The summed E-state index contributed by atoms with van der Waals surface area (Å²) < 4.78 is 54.4. The molecule has 146 valence electrons. The van der Waals surface area contributed by atoms with E-state index >= 15 is 0 Å². The van der Waals surface area contributed by atoms with Crippen LogP contribution in [0.4, 0.5) is 20.7 Å². The van der Waals surface area contributed by atoms with E-state index in [1.54, 1.807) is 19.0 Å². The lowest BCUT2D eigenvalue weighted by atomic mass is 10.3. The Kier molecular flexibility index (Phi) is 5.51. The Morgan fingerprint density at radius 3 is 2.33 bits per heavy atom. The van der Waals surface area contributed by atoms with Gasteiger partial charge in [-0.2, -0.15) is 15.0 Å². The van der Waals surface area contributed by atoms with Crippen molar-refractivity contribution in [1.82, 2.24) is 19.7 Å². The van der Waals surface area contributed by atoms with Crippen molar-refractivity contribution in [3.05, 3.63) is 35.7 Å². The first kappa shape index (κ1) is 19.4. The van der Waals surface area contributed by atoms with Gasteiger partial charge in [-0.15, -0.1) is 0 Å². The summed E-state index contributed by atoms with van der Waals surface area (Å²) in [4.78, 5) is 15.5. The molecule has 27 heavy (non-hydrogen) atoms. The summed E-state index contributed by atoms with van der Waals surface area (Å²) in [5, 5.41) is 0. The molecule has 0 atom stereocenters. The van der Waals surface area contributed by atoms with Gasteiger partial charge < -0.3 is 9.80 Å². The van der Waals surface area contributed by atoms with Crippen molar-refractivity contribution in [2.45, 2.75) is 24.3 Å². The summed E-state index contributed by atoms with van der Waals surface area (Å²) in [6, 6.07) is 2.87. The van der Waals surface area contributed by atoms with E-state index in [4.69, 9.17) is 0 Å². The Morgan fingerprint density at radius 1 is 1.11 bits per heavy atom. The van der Waals surface area contributed by atoms with E-state index in [1.807, 2.05) is 4.90 Å². The first-order valence-electron chi connectivity index (χ1n) is 8.39. The van der Waals surface area contributed by atoms with Crippen LogP contribution in [0.25, 0.3) is 0 Å². The van der Waals surface area contributed by atoms with Crippen LogP contribution in [-0.4, -0.2) is 50.6 Å². The average Bonchev–Trinajstić information content (AvgIpc) is 3.14. The molecular formula is C16H20F2N6O2S. The summed E-state index contributed by atoms with van der Waals surface area (Å²) in [5.41, 5.74) is 0. The zero-order valence-corrected chi connectivity index (χ0v) is 15.8. The third kappa shape index (κ3) is 4.30. The summed E-state index contributed by atoms with van der Waals surface area (Å²) in [5.74, 6) is -1.33. The van der Waals surface area contributed by atoms with E-state index in [0.29, 0.717) is 11.9 Å². The lowest BCUT2D eigenvalue weighted by molar-refractivity contribution is 0.513. The number of benzene rings is 1. The van der Waals surface area contributed by atoms with Crippen molar-refractivity contribution < 1.29 is 17.2 Å². The second-order valence-corrected chi connectivity index (χ2v) is 8.02. The van der Waals surface area contributed by atoms with Crippen LogP contribution < -0.4 is 14.5 Å². The average molecular weight is 398 g/mol. The van der Waals surface area contributed by atoms with E-state index in [9.17, 15) is 17.2 Å². The molecule has 3 rings (SSSR count). The van der Waals surface area contributed by atoms with Gasteiger partial charge in [0.25, 0.3) is 0 Å². The summed E-state index contributed by atoms with van der Waals surface area (Å²) >= 11 is 0. The second kappa shape index (κ2) is 7.69. The van der Waals surface area contributed by atoms with Crippen molar-refractivity contribution in [3.8, 4) is 0 Å². The van der Waals surface area contributed by atoms with E-state index in [1.165, 1.54) is 0 Å². The molecule has 1 aromatic heterocycles. The molecule has 8 nitrogen and oxygen atoms in total. The Morgan fingerprint density at radius 2 is 1.74 bits per heavy atom. The van der Waals surface area contributed by atoms with Gasteiger partial charge in [0.2, 0.25) is 21.9 Å². The van der Waals surface area contributed by atoms with Gasteiger partial charge in [-0.25, -0.2) is 21.9 Å². The maximum atomic E-state index is 13.8. The van der Waals surface area contributed by atoms with Gasteiger partial charge >= 0.3 is 0 Å². The number of halogens is 2. The maximum Gasteiger partial charge on any atom is 0.246 e. The summed E-state index contributed by atoms with van der Waals surface area (Å²) in [7, 11) is -0.901. The number of rotatable bonds is 6. The molecule has 1 aliphatic heterocycles. The third-order valence-corrected chi connectivity index (χ3v) is 5.51. The minimum absolute atomic E-state index is 0.163. The van der Waals surface area contributed by atoms with Crippen LogP contribution in [0.3, 0.4) is 0 Å². The first-order valence-corrected chi connectivity index (χ1v) is 9.87. The fourth-order valence-electron chi connectivity index (χ4n) is 2.70. The van der Waals surface area contributed by atoms with Gasteiger partial charge in [-0.05, 0) is 25.0 Å². The van der Waals surface area contributed by atoms with Crippen molar-refractivity contribution in [2.24, 2.45) is 0 Å². The minimum atomic E-state index is -4.41. The number of nitrogens with zero attached hydrogens (tertiary/aromatic N) is 5. The van der Waals surface area contributed by atoms with E-state index < -0.39 is 26.6 Å². The molecule has 0 bridgehead atoms. The van der Waals surface area contributed by atoms with Crippen molar-refractivity contribution in [2.75, 3.05) is 37.0 Å². The molecule has 2 aromatic rings. The van der Waals surface area contributed by atoms with Gasteiger partial charge in [0.15, 0.2) is 10.7 Å². The third-order valence-electron chi connectivity index (χ3n) is 4.05. The summed E-state index contributed by atoms with van der Waals surface area (Å²) in [6.07, 6.45) is 2.05. The van der Waals surface area contributed by atoms with Crippen molar-refractivity contribution in [3.63, 3.8) is 0 Å². The van der Waals surface area contributed by atoms with Crippen LogP contribution in [0, 0.1) is 11.6 Å². The second-order valence-electron chi connectivity index (χ2n) is 6.32. The normalized spacial score (nSPS) is 14.6. The topological polar surface area (TPSA) is 91.3 Å². The predicted molar refractivity (Wildman–Crippen MR) is 96.0 cm³/mol. The van der Waals surface area contributed by atoms with Crippen LogP contribution in [0.5, 0.6) is 0 Å². The molecule has 0 radical (unpaired) electrons. The highest BCUT2D eigenvalue weighted by atomic mass is 32.2. The molecule has 0 saturated carbocycles. The molecule has 1 N–H and O–H groups in total. The molecule has 1 fully saturated rings. The zero-order chi connectivity index (χ0) is 19.6. The predicted octanol–water partition coefficient (Wildman–Crippen LogP) is 1.29. The van der Waals surface area contributed by atoms with Gasteiger partial charge in [-0.1, -0.05) is 6.07 Å². The fraction of sp³-hybridized carbons (Fsp3) is 0.438. The number of anilines is 2. The Labute approximate surface area is 156 Å². The molecule has 0 amide bonds. The highest BCUT2D eigenvalue weighted by molar-refractivity contribution is 7.89. The van der Waals surface area contributed by atoms with Gasteiger partial charge in [-0.3, -0.25) is 0 Å². The van der Waals surface area contributed by atoms with Crippen molar-refractivity contribution >= 4 is 21.9 Å². The van der Waals surface area contributed by atoms with Crippen LogP contribution in [-0.2, 0) is 16.6 Å². The Balaban J connectivity index is 1.86. The molecule has 1 aromatic carbocycles. The molecule has 0 unspecified atom stereocenters. The van der Waals surface area contributed by atoms with Crippen molar-refractivity contribution in [1.29, 1.82) is 0 Å². The molecule has 0 aliphatic carbocycles. The first-order chi connectivity index (χ1) is 12.8. The monoisotopic (exact) mass is 398 g/mol. The van der Waals surface area contributed by atoms with E-state index in [-0.39, 0.29) is 12.4 Å². The SMILES string of the molecule is CN(C)c1nc(CNS(=O)(=O)c2c(F)cccc2F)nc(N2CCCC2)n1. The smallest absolute Gasteiger partial charge is 0.246 e. The molecule has 0 spiro atoms. The highest BCUT2D eigenvalue weighted by Crippen LogP contribution is 2.20. The van der Waals surface area contributed by atoms with Gasteiger partial charge in [0.1, 0.15) is 11.6 Å². The fourth-order valence-corrected chi connectivity index (χ4v) is 3.82. The summed E-state index contributed by atoms with van der Waals surface area (Å²) in [6.45, 7) is 1.30.